The Labute approximate surface area is 151 Å². The third-order valence-electron chi connectivity index (χ3n) is 3.41. The van der Waals surface area contributed by atoms with Crippen LogP contribution in [0.1, 0.15) is 16.8 Å². The number of hydrogen-bond acceptors (Lipinski definition) is 5. The van der Waals surface area contributed by atoms with Crippen molar-refractivity contribution >= 4 is 52.0 Å². The first-order valence-corrected chi connectivity index (χ1v) is 7.47. The van der Waals surface area contributed by atoms with E-state index in [2.05, 4.69) is 10.3 Å². The summed E-state index contributed by atoms with van der Waals surface area (Å²) in [5, 5.41) is 28.3. The molecular formula is C15H14ClN5O5. The number of nitrogens with one attached hydrogen (secondary N) is 2. The first kappa shape index (κ1) is 18.9. The number of rotatable bonds is 6. The lowest BCUT2D eigenvalue weighted by molar-refractivity contribution is -0.145. The maximum Gasteiger partial charge on any atom is 0.326 e. The van der Waals surface area contributed by atoms with Crippen molar-refractivity contribution in [2.24, 2.45) is 5.73 Å². The molecule has 0 aliphatic heterocycles. The smallest absolute Gasteiger partial charge is 0.326 e. The van der Waals surface area contributed by atoms with Crippen LogP contribution in [0.15, 0.2) is 30.6 Å². The zero-order chi connectivity index (χ0) is 19.4. The number of fused-ring (bicyclic) bond motifs is 1. The monoisotopic (exact) mass is 379 g/mol. The van der Waals surface area contributed by atoms with Gasteiger partial charge in [-0.15, -0.1) is 0 Å². The normalized spacial score (nSPS) is 11.6. The van der Waals surface area contributed by atoms with Crippen LogP contribution in [0.5, 0.6) is 0 Å². The van der Waals surface area contributed by atoms with E-state index in [9.17, 15) is 14.4 Å². The fourth-order valence-corrected chi connectivity index (χ4v) is 2.34. The molecule has 0 aliphatic carbocycles. The van der Waals surface area contributed by atoms with Crippen LogP contribution >= 0.6 is 11.8 Å². The highest BCUT2D eigenvalue weighted by Gasteiger charge is 2.24. The van der Waals surface area contributed by atoms with Crippen molar-refractivity contribution < 1.29 is 24.6 Å². The molecule has 0 fully saturated rings. The van der Waals surface area contributed by atoms with E-state index in [1.165, 1.54) is 30.6 Å². The number of pyridine rings is 1. The summed E-state index contributed by atoms with van der Waals surface area (Å²) in [6.45, 7) is 0. The quantitative estimate of drug-likeness (QED) is 0.278. The lowest BCUT2D eigenvalue weighted by atomic mass is 10.1. The minimum absolute atomic E-state index is 0.108. The Balaban J connectivity index is 2.33. The van der Waals surface area contributed by atoms with Crippen molar-refractivity contribution in [1.29, 1.82) is 5.41 Å². The number of halogens is 1. The maximum absolute atomic E-state index is 12.2. The van der Waals surface area contributed by atoms with E-state index in [0.29, 0.717) is 16.5 Å². The zero-order valence-electron chi connectivity index (χ0n) is 13.1. The number of aliphatic carboxylic acids is 2. The lowest BCUT2D eigenvalue weighted by Gasteiger charge is -2.16. The summed E-state index contributed by atoms with van der Waals surface area (Å²) in [5.41, 5.74) is 5.78. The van der Waals surface area contributed by atoms with E-state index in [-0.39, 0.29) is 5.56 Å². The maximum atomic E-state index is 12.2. The van der Waals surface area contributed by atoms with Crippen molar-refractivity contribution in [1.82, 2.24) is 10.3 Å². The largest absolute Gasteiger partial charge is 0.481 e. The van der Waals surface area contributed by atoms with Crippen LogP contribution in [0.4, 0.5) is 5.69 Å². The highest BCUT2D eigenvalue weighted by Crippen LogP contribution is 2.27. The fraction of sp³-hybridized carbons (Fsp3) is 0.133. The summed E-state index contributed by atoms with van der Waals surface area (Å²) in [7, 11) is 0. The summed E-state index contributed by atoms with van der Waals surface area (Å²) in [5.74, 6) is -3.97. The number of nitrogens with two attached hydrogens (primary N) is 1. The summed E-state index contributed by atoms with van der Waals surface area (Å²) < 4.78 is 0.891. The summed E-state index contributed by atoms with van der Waals surface area (Å²) in [6.07, 6.45) is 2.09. The number of nitrogens with zero attached hydrogens (tertiary/aromatic N) is 2. The van der Waals surface area contributed by atoms with Crippen molar-refractivity contribution in [3.05, 3.63) is 36.2 Å². The molecule has 136 valence electrons. The van der Waals surface area contributed by atoms with Gasteiger partial charge in [-0.3, -0.25) is 20.0 Å². The molecule has 0 saturated carbocycles. The molecule has 1 heterocycles. The average Bonchev–Trinajstić information content (AvgIpc) is 2.58. The molecule has 2 rings (SSSR count). The van der Waals surface area contributed by atoms with Crippen LogP contribution in [0.25, 0.3) is 10.8 Å². The molecule has 11 heteroatoms. The van der Waals surface area contributed by atoms with Crippen LogP contribution in [-0.2, 0) is 9.59 Å². The molecule has 0 radical (unpaired) electrons. The molecule has 0 spiro atoms. The molecule has 0 saturated heterocycles. The van der Waals surface area contributed by atoms with E-state index in [1.807, 2.05) is 0 Å². The van der Waals surface area contributed by atoms with Crippen LogP contribution in [-0.4, -0.2) is 45.0 Å². The average molecular weight is 380 g/mol. The van der Waals surface area contributed by atoms with Crippen LogP contribution in [0.3, 0.4) is 0 Å². The van der Waals surface area contributed by atoms with Gasteiger partial charge in [-0.05, 0) is 12.1 Å². The summed E-state index contributed by atoms with van der Waals surface area (Å²) >= 11 is 5.92. The topological polar surface area (TPSA) is 170 Å². The van der Waals surface area contributed by atoms with Crippen LogP contribution in [0.2, 0.25) is 0 Å². The number of anilines is 1. The molecular weight excluding hydrogens is 366 g/mol. The van der Waals surface area contributed by atoms with E-state index >= 15 is 0 Å². The highest BCUT2D eigenvalue weighted by atomic mass is 35.5. The van der Waals surface area contributed by atoms with Gasteiger partial charge in [-0.25, -0.2) is 9.21 Å². The molecule has 0 aliphatic rings. The molecule has 6 N–H and O–H groups in total. The molecule has 0 unspecified atom stereocenters. The predicted octanol–water partition coefficient (Wildman–Crippen LogP) is 0.746. The Bertz CT molecular complexity index is 903. The van der Waals surface area contributed by atoms with Gasteiger partial charge >= 0.3 is 11.9 Å². The fourth-order valence-electron chi connectivity index (χ4n) is 2.20. The van der Waals surface area contributed by atoms with Gasteiger partial charge in [0, 0.05) is 34.3 Å². The number of benzene rings is 1. The highest BCUT2D eigenvalue weighted by molar-refractivity contribution is 6.38. The summed E-state index contributed by atoms with van der Waals surface area (Å²) in [4.78, 5) is 37.9. The second-order valence-electron chi connectivity index (χ2n) is 5.22. The van der Waals surface area contributed by atoms with Gasteiger partial charge in [0.15, 0.2) is 0 Å². The number of amides is 1. The van der Waals surface area contributed by atoms with Crippen molar-refractivity contribution in [2.75, 3.05) is 4.42 Å². The third-order valence-corrected chi connectivity index (χ3v) is 3.77. The minimum atomic E-state index is -1.56. The van der Waals surface area contributed by atoms with Crippen molar-refractivity contribution in [2.45, 2.75) is 12.5 Å². The van der Waals surface area contributed by atoms with Gasteiger partial charge in [0.25, 0.3) is 5.91 Å². The lowest BCUT2D eigenvalue weighted by Crippen LogP contribution is -2.42. The second-order valence-corrected chi connectivity index (χ2v) is 5.56. The number of guanidine groups is 1. The third kappa shape index (κ3) is 4.16. The molecule has 26 heavy (non-hydrogen) atoms. The molecule has 1 amide bonds. The van der Waals surface area contributed by atoms with Crippen molar-refractivity contribution in [3.63, 3.8) is 0 Å². The number of carboxylic acids is 2. The Morgan fingerprint density at radius 3 is 2.58 bits per heavy atom. The number of hydrogen-bond donors (Lipinski definition) is 5. The molecule has 2 aromatic rings. The molecule has 1 aromatic carbocycles. The predicted molar refractivity (Wildman–Crippen MR) is 93.1 cm³/mol. The van der Waals surface area contributed by atoms with Crippen LogP contribution < -0.4 is 15.5 Å². The molecule has 10 nitrogen and oxygen atoms in total. The van der Waals surface area contributed by atoms with Gasteiger partial charge in [-0.1, -0.05) is 6.07 Å². The summed E-state index contributed by atoms with van der Waals surface area (Å²) in [6, 6.07) is 2.82. The first-order valence-electron chi connectivity index (χ1n) is 7.14. The molecule has 0 bridgehead atoms. The van der Waals surface area contributed by atoms with E-state index in [4.69, 9.17) is 33.1 Å². The van der Waals surface area contributed by atoms with Gasteiger partial charge < -0.3 is 21.3 Å². The SMILES string of the molecule is N=C(N)N(Cl)c1cncc2cc(C(=O)N[C@@H](CC(=O)O)C(=O)O)ccc12. The van der Waals surface area contributed by atoms with Crippen molar-refractivity contribution in [3.8, 4) is 0 Å². The standard InChI is InChI=1S/C15H14ClN5O5/c16-21(15(17)18)11-6-19-5-8-3-7(1-2-9(8)11)13(24)20-10(14(25)26)4-12(22)23/h1-3,5-6,10H,4H2,(H3,17,18)(H,20,24)(H,22,23)(H,25,26)/t10-/m0/s1. The Hall–Kier alpha value is -3.40. The van der Waals surface area contributed by atoms with E-state index in [1.54, 1.807) is 0 Å². The van der Waals surface area contributed by atoms with E-state index in [0.717, 1.165) is 4.42 Å². The molecule has 1 atom stereocenters. The van der Waals surface area contributed by atoms with Crippen LogP contribution in [0, 0.1) is 5.41 Å². The van der Waals surface area contributed by atoms with Gasteiger partial charge in [0.05, 0.1) is 18.3 Å². The van der Waals surface area contributed by atoms with Gasteiger partial charge in [-0.2, -0.15) is 0 Å². The number of aromatic nitrogens is 1. The number of carbonyl (C=O) groups is 3. The zero-order valence-corrected chi connectivity index (χ0v) is 13.9. The Morgan fingerprint density at radius 1 is 1.31 bits per heavy atom. The van der Waals surface area contributed by atoms with Gasteiger partial charge in [0.2, 0.25) is 5.96 Å². The molecule has 1 aromatic heterocycles. The minimum Gasteiger partial charge on any atom is -0.481 e. The second kappa shape index (κ2) is 7.66. The number of carboxylic acid groups (broad SMARTS) is 2. The Morgan fingerprint density at radius 2 is 2.00 bits per heavy atom. The van der Waals surface area contributed by atoms with Gasteiger partial charge in [0.1, 0.15) is 6.04 Å². The van der Waals surface area contributed by atoms with E-state index < -0.39 is 36.3 Å². The number of carbonyl (C=O) groups excluding carboxylic acids is 1. The Kier molecular flexibility index (Phi) is 5.58. The first-order chi connectivity index (χ1) is 12.2.